The summed E-state index contributed by atoms with van der Waals surface area (Å²) in [6.45, 7) is 10.8. The number of rotatable bonds is 4. The molecule has 1 unspecified atom stereocenters. The summed E-state index contributed by atoms with van der Waals surface area (Å²) in [4.78, 5) is 0. The van der Waals surface area contributed by atoms with E-state index >= 15 is 0 Å². The summed E-state index contributed by atoms with van der Waals surface area (Å²) < 4.78 is 6.56. The summed E-state index contributed by atoms with van der Waals surface area (Å²) in [6.07, 6.45) is 13.2. The summed E-state index contributed by atoms with van der Waals surface area (Å²) in [5.74, 6) is 2.01. The van der Waals surface area contributed by atoms with E-state index in [0.717, 1.165) is 24.3 Å². The standard InChI is InChI=1S/C26H27OP/c1-5-19(6-2)28(20-13-8-7-9-14-20)24-18-12-16-22-25(24)27-23-17-11-10-15-21(23)26(22,3)4/h5-8,10-13,15-18H,1,9,14H2,2-4H3/b19-6+. The van der Waals surface area contributed by atoms with E-state index in [2.05, 4.69) is 94.1 Å². The van der Waals surface area contributed by atoms with Crippen LogP contribution in [-0.2, 0) is 5.41 Å². The number of para-hydroxylation sites is 2. The average Bonchev–Trinajstić information content (AvgIpc) is 2.73. The van der Waals surface area contributed by atoms with Crippen LogP contribution >= 0.6 is 7.92 Å². The highest BCUT2D eigenvalue weighted by Gasteiger charge is 2.36. The first-order valence-electron chi connectivity index (χ1n) is 9.93. The molecule has 2 aromatic carbocycles. The lowest BCUT2D eigenvalue weighted by molar-refractivity contribution is 0.421. The van der Waals surface area contributed by atoms with Crippen LogP contribution in [0.1, 0.15) is 44.7 Å². The topological polar surface area (TPSA) is 9.23 Å². The van der Waals surface area contributed by atoms with E-state index < -0.39 is 7.92 Å². The first-order chi connectivity index (χ1) is 13.6. The highest BCUT2D eigenvalue weighted by molar-refractivity contribution is 7.74. The summed E-state index contributed by atoms with van der Waals surface area (Å²) in [5.41, 5.74) is 2.42. The third-order valence-corrected chi connectivity index (χ3v) is 8.46. The van der Waals surface area contributed by atoms with Crippen molar-refractivity contribution in [3.05, 3.63) is 101 Å². The molecule has 4 rings (SSSR count). The predicted octanol–water partition coefficient (Wildman–Crippen LogP) is 7.55. The monoisotopic (exact) mass is 386 g/mol. The Bertz CT molecular complexity index is 1010. The van der Waals surface area contributed by atoms with E-state index in [1.807, 2.05) is 6.08 Å². The van der Waals surface area contributed by atoms with Crippen LogP contribution in [0.4, 0.5) is 0 Å². The van der Waals surface area contributed by atoms with Gasteiger partial charge in [0.25, 0.3) is 0 Å². The Morgan fingerprint density at radius 3 is 2.61 bits per heavy atom. The number of hydrogen-bond donors (Lipinski definition) is 0. The second kappa shape index (κ2) is 7.57. The van der Waals surface area contributed by atoms with Crippen LogP contribution in [0.5, 0.6) is 11.5 Å². The van der Waals surface area contributed by atoms with Gasteiger partial charge in [-0.05, 0) is 44.4 Å². The van der Waals surface area contributed by atoms with Crippen LogP contribution in [0.3, 0.4) is 0 Å². The highest BCUT2D eigenvalue weighted by atomic mass is 31.1. The number of benzene rings is 2. The SMILES string of the molecule is C=C/C(=C\C)P(C1=CC=CCC1)c1cccc2c1Oc1ccccc1C2(C)C. The van der Waals surface area contributed by atoms with Crippen molar-refractivity contribution in [3.8, 4) is 11.5 Å². The van der Waals surface area contributed by atoms with Crippen LogP contribution < -0.4 is 10.0 Å². The van der Waals surface area contributed by atoms with Gasteiger partial charge in [-0.15, -0.1) is 0 Å². The Labute approximate surface area is 169 Å². The minimum absolute atomic E-state index is 0.0910. The molecule has 142 valence electrons. The molecular weight excluding hydrogens is 359 g/mol. The van der Waals surface area contributed by atoms with E-state index in [0.29, 0.717) is 0 Å². The van der Waals surface area contributed by atoms with E-state index in [1.54, 1.807) is 0 Å². The van der Waals surface area contributed by atoms with Gasteiger partial charge in [-0.25, -0.2) is 0 Å². The summed E-state index contributed by atoms with van der Waals surface area (Å²) >= 11 is 0. The van der Waals surface area contributed by atoms with E-state index in [9.17, 15) is 0 Å². The normalized spacial score (nSPS) is 18.4. The Morgan fingerprint density at radius 1 is 1.11 bits per heavy atom. The molecule has 0 bridgehead atoms. The fourth-order valence-electron chi connectivity index (χ4n) is 4.20. The highest BCUT2D eigenvalue weighted by Crippen LogP contribution is 2.58. The van der Waals surface area contributed by atoms with Gasteiger partial charge >= 0.3 is 0 Å². The van der Waals surface area contributed by atoms with E-state index in [1.165, 1.54) is 27.1 Å². The molecule has 0 aromatic heterocycles. The van der Waals surface area contributed by atoms with Crippen LogP contribution in [0.2, 0.25) is 0 Å². The van der Waals surface area contributed by atoms with Crippen molar-refractivity contribution in [2.45, 2.75) is 39.0 Å². The van der Waals surface area contributed by atoms with Crippen LogP contribution in [0.25, 0.3) is 0 Å². The van der Waals surface area contributed by atoms with Crippen LogP contribution in [0.15, 0.2) is 90.1 Å². The number of hydrogen-bond acceptors (Lipinski definition) is 1. The fraction of sp³-hybridized carbons (Fsp3) is 0.231. The third-order valence-electron chi connectivity index (χ3n) is 5.72. The molecule has 0 saturated heterocycles. The third kappa shape index (κ3) is 3.09. The van der Waals surface area contributed by atoms with Crippen LogP contribution in [0, 0.1) is 0 Å². The first kappa shape index (κ1) is 19.0. The molecule has 0 fully saturated rings. The van der Waals surface area contributed by atoms with Gasteiger partial charge in [-0.1, -0.05) is 87.2 Å². The van der Waals surface area contributed by atoms with Gasteiger partial charge in [0, 0.05) is 21.8 Å². The fourth-order valence-corrected chi connectivity index (χ4v) is 6.75. The van der Waals surface area contributed by atoms with Crippen molar-refractivity contribution in [1.82, 2.24) is 0 Å². The second-order valence-corrected chi connectivity index (χ2v) is 10.00. The molecule has 2 aromatic rings. The molecule has 1 heterocycles. The molecule has 0 spiro atoms. The lowest BCUT2D eigenvalue weighted by atomic mass is 9.76. The van der Waals surface area contributed by atoms with Crippen molar-refractivity contribution in [2.24, 2.45) is 0 Å². The van der Waals surface area contributed by atoms with Gasteiger partial charge in [-0.2, -0.15) is 0 Å². The van der Waals surface area contributed by atoms with Gasteiger partial charge in [0.15, 0.2) is 0 Å². The van der Waals surface area contributed by atoms with Crippen molar-refractivity contribution >= 4 is 13.2 Å². The quantitative estimate of drug-likeness (QED) is 0.389. The number of ether oxygens (including phenoxy) is 1. The van der Waals surface area contributed by atoms with Crippen LogP contribution in [-0.4, -0.2) is 0 Å². The maximum absolute atomic E-state index is 6.56. The van der Waals surface area contributed by atoms with Crippen molar-refractivity contribution in [1.29, 1.82) is 0 Å². The number of allylic oxidation sites excluding steroid dienone is 7. The van der Waals surface area contributed by atoms with Crippen molar-refractivity contribution in [2.75, 3.05) is 0 Å². The average molecular weight is 386 g/mol. The zero-order chi connectivity index (χ0) is 19.7. The summed E-state index contributed by atoms with van der Waals surface area (Å²) in [5, 5.41) is 4.08. The molecule has 1 aliphatic carbocycles. The lowest BCUT2D eigenvalue weighted by Gasteiger charge is -2.37. The minimum Gasteiger partial charge on any atom is -0.456 e. The van der Waals surface area contributed by atoms with Gasteiger partial charge in [0.2, 0.25) is 0 Å². The zero-order valence-corrected chi connectivity index (χ0v) is 17.8. The largest absolute Gasteiger partial charge is 0.456 e. The molecule has 28 heavy (non-hydrogen) atoms. The molecule has 0 radical (unpaired) electrons. The molecule has 0 saturated carbocycles. The summed E-state index contributed by atoms with van der Waals surface area (Å²) in [7, 11) is -0.655. The molecule has 0 N–H and O–H groups in total. The maximum atomic E-state index is 6.56. The molecular formula is C26H27OP. The Hall–Kier alpha value is -2.37. The lowest BCUT2D eigenvalue weighted by Crippen LogP contribution is -2.27. The predicted molar refractivity (Wildman–Crippen MR) is 122 cm³/mol. The zero-order valence-electron chi connectivity index (χ0n) is 16.9. The molecule has 2 heteroatoms. The maximum Gasteiger partial charge on any atom is 0.139 e. The molecule has 1 nitrogen and oxygen atoms in total. The Balaban J connectivity index is 1.93. The molecule has 2 aliphatic rings. The van der Waals surface area contributed by atoms with Gasteiger partial charge in [-0.3, -0.25) is 0 Å². The van der Waals surface area contributed by atoms with Gasteiger partial charge in [0.05, 0.1) is 0 Å². The van der Waals surface area contributed by atoms with E-state index in [-0.39, 0.29) is 5.41 Å². The Kier molecular flexibility index (Phi) is 5.13. The van der Waals surface area contributed by atoms with Gasteiger partial charge < -0.3 is 4.74 Å². The summed E-state index contributed by atoms with van der Waals surface area (Å²) in [6, 6.07) is 15.1. The Morgan fingerprint density at radius 2 is 1.89 bits per heavy atom. The molecule has 0 amide bonds. The van der Waals surface area contributed by atoms with Crippen molar-refractivity contribution < 1.29 is 4.74 Å². The molecule has 1 atom stereocenters. The first-order valence-corrected chi connectivity index (χ1v) is 11.3. The number of fused-ring (bicyclic) bond motifs is 2. The van der Waals surface area contributed by atoms with Crippen molar-refractivity contribution in [3.63, 3.8) is 0 Å². The van der Waals surface area contributed by atoms with Gasteiger partial charge in [0.1, 0.15) is 11.5 Å². The second-order valence-electron chi connectivity index (χ2n) is 7.75. The molecule has 1 aliphatic heterocycles. The smallest absolute Gasteiger partial charge is 0.139 e. The van der Waals surface area contributed by atoms with E-state index in [4.69, 9.17) is 4.74 Å². The minimum atomic E-state index is -0.655.